The highest BCUT2D eigenvalue weighted by atomic mass is 16.2. The lowest BCUT2D eigenvalue weighted by atomic mass is 10.2. The van der Waals surface area contributed by atoms with Crippen molar-refractivity contribution in [1.82, 2.24) is 24.9 Å². The van der Waals surface area contributed by atoms with Crippen molar-refractivity contribution in [3.63, 3.8) is 0 Å². The van der Waals surface area contributed by atoms with Gasteiger partial charge >= 0.3 is 0 Å². The summed E-state index contributed by atoms with van der Waals surface area (Å²) in [5, 5.41) is 14.1. The fourth-order valence-electron chi connectivity index (χ4n) is 2.24. The van der Waals surface area contributed by atoms with Crippen LogP contribution in [0.3, 0.4) is 0 Å². The Morgan fingerprint density at radius 3 is 2.60 bits per heavy atom. The summed E-state index contributed by atoms with van der Waals surface area (Å²) in [6, 6.07) is 1.89. The Morgan fingerprint density at radius 1 is 1.24 bits per heavy atom. The standard InChI is InChI=1S/C17H26N6O2/c1-5-22-11-14(16(21-22)17(25)18-10-12(2)3)19-15(24)7-9-23-8-6-13(4)20-23/h6,8,11-12H,5,7,9-10H2,1-4H3,(H,18,25)(H,19,24). The zero-order chi connectivity index (χ0) is 18.4. The van der Waals surface area contributed by atoms with Crippen LogP contribution in [0.2, 0.25) is 0 Å². The zero-order valence-corrected chi connectivity index (χ0v) is 15.2. The molecule has 0 saturated heterocycles. The van der Waals surface area contributed by atoms with Crippen molar-refractivity contribution in [2.24, 2.45) is 5.92 Å². The Bertz CT molecular complexity index is 731. The summed E-state index contributed by atoms with van der Waals surface area (Å²) in [4.78, 5) is 24.5. The number of nitrogens with zero attached hydrogens (tertiary/aromatic N) is 4. The third-order valence-corrected chi connectivity index (χ3v) is 3.59. The molecule has 2 aromatic rings. The molecule has 0 radical (unpaired) electrons. The van der Waals surface area contributed by atoms with E-state index in [1.54, 1.807) is 15.6 Å². The van der Waals surface area contributed by atoms with Crippen LogP contribution in [0.15, 0.2) is 18.5 Å². The van der Waals surface area contributed by atoms with E-state index in [0.29, 0.717) is 31.2 Å². The minimum atomic E-state index is -0.279. The van der Waals surface area contributed by atoms with Gasteiger partial charge in [0.1, 0.15) is 0 Å². The SMILES string of the molecule is CCn1cc(NC(=O)CCn2ccc(C)n2)c(C(=O)NCC(C)C)n1. The Morgan fingerprint density at radius 2 is 2.00 bits per heavy atom. The van der Waals surface area contributed by atoms with Crippen LogP contribution in [-0.2, 0) is 17.9 Å². The maximum absolute atomic E-state index is 12.3. The first-order valence-corrected chi connectivity index (χ1v) is 8.54. The number of aryl methyl sites for hydroxylation is 3. The number of hydrogen-bond acceptors (Lipinski definition) is 4. The third kappa shape index (κ3) is 5.44. The van der Waals surface area contributed by atoms with E-state index in [2.05, 4.69) is 20.8 Å². The highest BCUT2D eigenvalue weighted by molar-refractivity contribution is 6.02. The lowest BCUT2D eigenvalue weighted by molar-refractivity contribution is -0.116. The van der Waals surface area contributed by atoms with Crippen LogP contribution in [0, 0.1) is 12.8 Å². The first kappa shape index (κ1) is 18.7. The molecule has 0 aliphatic carbocycles. The fraction of sp³-hybridized carbons (Fsp3) is 0.529. The van der Waals surface area contributed by atoms with Gasteiger partial charge in [-0.3, -0.25) is 19.0 Å². The first-order valence-electron chi connectivity index (χ1n) is 8.54. The van der Waals surface area contributed by atoms with Gasteiger partial charge in [0.2, 0.25) is 5.91 Å². The van der Waals surface area contributed by atoms with E-state index in [1.807, 2.05) is 40.0 Å². The molecule has 0 unspecified atom stereocenters. The van der Waals surface area contributed by atoms with Crippen molar-refractivity contribution in [3.05, 3.63) is 29.8 Å². The largest absolute Gasteiger partial charge is 0.350 e. The normalized spacial score (nSPS) is 10.9. The minimum absolute atomic E-state index is 0.179. The van der Waals surface area contributed by atoms with E-state index >= 15 is 0 Å². The Kier molecular flexibility index (Phi) is 6.32. The molecule has 2 amide bonds. The minimum Gasteiger partial charge on any atom is -0.350 e. The van der Waals surface area contributed by atoms with Crippen LogP contribution in [0.1, 0.15) is 43.4 Å². The van der Waals surface area contributed by atoms with Crippen LogP contribution in [0.5, 0.6) is 0 Å². The lowest BCUT2D eigenvalue weighted by Gasteiger charge is -2.08. The quantitative estimate of drug-likeness (QED) is 0.762. The molecule has 0 aromatic carbocycles. The van der Waals surface area contributed by atoms with Gasteiger partial charge in [0.05, 0.1) is 11.4 Å². The second-order valence-electron chi connectivity index (χ2n) is 6.37. The average molecular weight is 346 g/mol. The van der Waals surface area contributed by atoms with Crippen LogP contribution < -0.4 is 10.6 Å². The molecule has 2 rings (SSSR count). The monoisotopic (exact) mass is 346 g/mol. The van der Waals surface area contributed by atoms with Crippen molar-refractivity contribution >= 4 is 17.5 Å². The van der Waals surface area contributed by atoms with E-state index in [9.17, 15) is 9.59 Å². The number of nitrogens with one attached hydrogen (secondary N) is 2. The molecule has 136 valence electrons. The zero-order valence-electron chi connectivity index (χ0n) is 15.2. The van der Waals surface area contributed by atoms with Crippen LogP contribution in [-0.4, -0.2) is 37.9 Å². The molecule has 0 aliphatic heterocycles. The van der Waals surface area contributed by atoms with E-state index in [0.717, 1.165) is 5.69 Å². The maximum atomic E-state index is 12.3. The smallest absolute Gasteiger partial charge is 0.273 e. The molecule has 0 aliphatic rings. The number of amides is 2. The highest BCUT2D eigenvalue weighted by Gasteiger charge is 2.18. The molecule has 8 heteroatoms. The fourth-order valence-corrected chi connectivity index (χ4v) is 2.24. The van der Waals surface area contributed by atoms with Gasteiger partial charge in [-0.05, 0) is 25.8 Å². The van der Waals surface area contributed by atoms with Crippen molar-refractivity contribution < 1.29 is 9.59 Å². The summed E-state index contributed by atoms with van der Waals surface area (Å²) < 4.78 is 3.36. The average Bonchev–Trinajstić information content (AvgIpc) is 3.16. The molecule has 2 heterocycles. The Balaban J connectivity index is 2.00. The van der Waals surface area contributed by atoms with Gasteiger partial charge in [0.15, 0.2) is 5.69 Å². The van der Waals surface area contributed by atoms with Crippen LogP contribution in [0.4, 0.5) is 5.69 Å². The van der Waals surface area contributed by atoms with Crippen molar-refractivity contribution in [2.75, 3.05) is 11.9 Å². The van der Waals surface area contributed by atoms with E-state index in [-0.39, 0.29) is 23.9 Å². The third-order valence-electron chi connectivity index (χ3n) is 3.59. The summed E-state index contributed by atoms with van der Waals surface area (Å²) in [6.07, 6.45) is 3.79. The van der Waals surface area contributed by atoms with Gasteiger partial charge in [-0.25, -0.2) is 0 Å². The van der Waals surface area contributed by atoms with Gasteiger partial charge in [0, 0.05) is 38.4 Å². The molecule has 2 aromatic heterocycles. The van der Waals surface area contributed by atoms with Crippen LogP contribution >= 0.6 is 0 Å². The second kappa shape index (κ2) is 8.46. The number of hydrogen-bond donors (Lipinski definition) is 2. The molecular formula is C17H26N6O2. The Hall–Kier alpha value is -2.64. The van der Waals surface area contributed by atoms with Gasteiger partial charge in [0.25, 0.3) is 5.91 Å². The number of aromatic nitrogens is 4. The summed E-state index contributed by atoms with van der Waals surface area (Å²) >= 11 is 0. The second-order valence-corrected chi connectivity index (χ2v) is 6.37. The summed E-state index contributed by atoms with van der Waals surface area (Å²) in [6.45, 7) is 9.52. The number of anilines is 1. The van der Waals surface area contributed by atoms with Gasteiger partial charge < -0.3 is 10.6 Å². The molecular weight excluding hydrogens is 320 g/mol. The highest BCUT2D eigenvalue weighted by Crippen LogP contribution is 2.14. The summed E-state index contributed by atoms with van der Waals surface area (Å²) in [5.74, 6) is -0.117. The van der Waals surface area contributed by atoms with E-state index in [4.69, 9.17) is 0 Å². The molecule has 0 saturated carbocycles. The van der Waals surface area contributed by atoms with Gasteiger partial charge in [-0.15, -0.1) is 0 Å². The Labute approximate surface area is 147 Å². The van der Waals surface area contributed by atoms with Crippen molar-refractivity contribution in [1.29, 1.82) is 0 Å². The molecule has 25 heavy (non-hydrogen) atoms. The van der Waals surface area contributed by atoms with E-state index in [1.165, 1.54) is 0 Å². The van der Waals surface area contributed by atoms with Crippen LogP contribution in [0.25, 0.3) is 0 Å². The summed E-state index contributed by atoms with van der Waals surface area (Å²) in [7, 11) is 0. The molecule has 0 atom stereocenters. The van der Waals surface area contributed by atoms with E-state index < -0.39 is 0 Å². The van der Waals surface area contributed by atoms with Gasteiger partial charge in [-0.1, -0.05) is 13.8 Å². The molecule has 0 bridgehead atoms. The first-order chi connectivity index (χ1) is 11.9. The summed E-state index contributed by atoms with van der Waals surface area (Å²) in [5.41, 5.74) is 1.59. The lowest BCUT2D eigenvalue weighted by Crippen LogP contribution is -2.29. The number of carbonyl (C=O) groups excluding carboxylic acids is 2. The number of rotatable bonds is 8. The predicted octanol–water partition coefficient (Wildman–Crippen LogP) is 1.82. The topological polar surface area (TPSA) is 93.8 Å². The molecule has 2 N–H and O–H groups in total. The predicted molar refractivity (Wildman–Crippen MR) is 95.3 cm³/mol. The molecule has 0 fully saturated rings. The molecule has 8 nitrogen and oxygen atoms in total. The molecule has 0 spiro atoms. The van der Waals surface area contributed by atoms with Crippen molar-refractivity contribution in [2.45, 2.75) is 47.2 Å². The number of carbonyl (C=O) groups is 2. The van der Waals surface area contributed by atoms with Crippen molar-refractivity contribution in [3.8, 4) is 0 Å². The van der Waals surface area contributed by atoms with Gasteiger partial charge in [-0.2, -0.15) is 10.2 Å². The maximum Gasteiger partial charge on any atom is 0.273 e.